The molecule has 5 nitrogen and oxygen atoms in total. The molecule has 0 spiro atoms. The van der Waals surface area contributed by atoms with Gasteiger partial charge in [0.25, 0.3) is 0 Å². The first-order valence-corrected chi connectivity index (χ1v) is 6.72. The molecule has 0 aliphatic heterocycles. The minimum atomic E-state index is 0.0297. The number of hydrogen-bond donors (Lipinski definition) is 2. The molecule has 1 unspecified atom stereocenters. The van der Waals surface area contributed by atoms with E-state index in [2.05, 4.69) is 17.3 Å². The van der Waals surface area contributed by atoms with Gasteiger partial charge in [0.15, 0.2) is 0 Å². The molecule has 0 radical (unpaired) electrons. The molecular weight excluding hydrogens is 252 g/mol. The average Bonchev–Trinajstić information content (AvgIpc) is 2.92. The van der Waals surface area contributed by atoms with Gasteiger partial charge in [-0.2, -0.15) is 5.10 Å². The van der Waals surface area contributed by atoms with Gasteiger partial charge in [0.05, 0.1) is 6.42 Å². The number of aromatic nitrogens is 2. The lowest BCUT2D eigenvalue weighted by Gasteiger charge is -2.12. The first-order valence-electron chi connectivity index (χ1n) is 6.72. The van der Waals surface area contributed by atoms with Crippen molar-refractivity contribution in [2.75, 3.05) is 12.3 Å². The molecule has 1 aromatic heterocycles. The van der Waals surface area contributed by atoms with Crippen LogP contribution in [0, 0.1) is 5.92 Å². The Morgan fingerprint density at radius 3 is 2.80 bits per heavy atom. The first kappa shape index (κ1) is 14.1. The van der Waals surface area contributed by atoms with E-state index in [1.165, 1.54) is 0 Å². The van der Waals surface area contributed by atoms with Gasteiger partial charge in [-0.3, -0.25) is 9.48 Å². The van der Waals surface area contributed by atoms with Crippen LogP contribution in [0.5, 0.6) is 0 Å². The van der Waals surface area contributed by atoms with Crippen molar-refractivity contribution in [3.05, 3.63) is 48.3 Å². The van der Waals surface area contributed by atoms with Crippen LogP contribution in [-0.2, 0) is 17.8 Å². The van der Waals surface area contributed by atoms with Gasteiger partial charge in [-0.25, -0.2) is 0 Å². The van der Waals surface area contributed by atoms with Crippen molar-refractivity contribution in [3.63, 3.8) is 0 Å². The Hall–Kier alpha value is -2.30. The Kier molecular flexibility index (Phi) is 4.76. The van der Waals surface area contributed by atoms with Gasteiger partial charge >= 0.3 is 0 Å². The van der Waals surface area contributed by atoms with E-state index in [0.29, 0.717) is 24.6 Å². The molecule has 1 aromatic carbocycles. The number of rotatable bonds is 6. The Bertz CT molecular complexity index is 534. The van der Waals surface area contributed by atoms with Crippen molar-refractivity contribution in [1.82, 2.24) is 15.1 Å². The van der Waals surface area contributed by atoms with Crippen LogP contribution >= 0.6 is 0 Å². The summed E-state index contributed by atoms with van der Waals surface area (Å²) in [6.45, 7) is 3.54. The summed E-state index contributed by atoms with van der Waals surface area (Å²) < 4.78 is 1.87. The molecule has 2 rings (SSSR count). The summed E-state index contributed by atoms with van der Waals surface area (Å²) in [6.07, 6.45) is 4.06. The lowest BCUT2D eigenvalue weighted by atomic mass is 10.1. The predicted octanol–water partition coefficient (Wildman–Crippen LogP) is 1.46. The van der Waals surface area contributed by atoms with Crippen LogP contribution in [0.2, 0.25) is 0 Å². The molecule has 2 aromatic rings. The van der Waals surface area contributed by atoms with Gasteiger partial charge in [-0.1, -0.05) is 19.1 Å². The van der Waals surface area contributed by atoms with Crippen molar-refractivity contribution >= 4 is 11.6 Å². The highest BCUT2D eigenvalue weighted by molar-refractivity contribution is 5.78. The fourth-order valence-electron chi connectivity index (χ4n) is 1.96. The first-order chi connectivity index (χ1) is 9.63. The van der Waals surface area contributed by atoms with Gasteiger partial charge in [0.1, 0.15) is 0 Å². The summed E-state index contributed by atoms with van der Waals surface area (Å²) in [6, 6.07) is 9.27. The molecule has 0 aliphatic carbocycles. The van der Waals surface area contributed by atoms with E-state index in [1.54, 1.807) is 6.20 Å². The van der Waals surface area contributed by atoms with Crippen LogP contribution in [-0.4, -0.2) is 22.2 Å². The van der Waals surface area contributed by atoms with E-state index in [9.17, 15) is 4.79 Å². The molecule has 106 valence electrons. The van der Waals surface area contributed by atoms with Crippen LogP contribution in [0.4, 0.5) is 5.69 Å². The standard InChI is InChI=1S/C15H20N4O/c1-12(11-19-8-2-7-18-19)10-17-15(20)9-13-3-5-14(16)6-4-13/h2-8,12H,9-11,16H2,1H3,(H,17,20). The van der Waals surface area contributed by atoms with Crippen LogP contribution in [0.15, 0.2) is 42.7 Å². The lowest BCUT2D eigenvalue weighted by Crippen LogP contribution is -2.31. The maximum absolute atomic E-state index is 11.8. The highest BCUT2D eigenvalue weighted by Crippen LogP contribution is 2.06. The Labute approximate surface area is 118 Å². The Morgan fingerprint density at radius 1 is 1.40 bits per heavy atom. The van der Waals surface area contributed by atoms with E-state index >= 15 is 0 Å². The summed E-state index contributed by atoms with van der Waals surface area (Å²) in [5.41, 5.74) is 7.29. The predicted molar refractivity (Wildman–Crippen MR) is 79.0 cm³/mol. The van der Waals surface area contributed by atoms with Crippen molar-refractivity contribution in [1.29, 1.82) is 0 Å². The number of hydrogen-bond acceptors (Lipinski definition) is 3. The second-order valence-electron chi connectivity index (χ2n) is 5.06. The third-order valence-corrected chi connectivity index (χ3v) is 3.05. The van der Waals surface area contributed by atoms with E-state index in [0.717, 1.165) is 12.1 Å². The van der Waals surface area contributed by atoms with Gasteiger partial charge in [0.2, 0.25) is 5.91 Å². The summed E-state index contributed by atoms with van der Waals surface area (Å²) >= 11 is 0. The monoisotopic (exact) mass is 272 g/mol. The Balaban J connectivity index is 1.73. The third-order valence-electron chi connectivity index (χ3n) is 3.05. The molecule has 0 fully saturated rings. The van der Waals surface area contributed by atoms with E-state index in [4.69, 9.17) is 5.73 Å². The summed E-state index contributed by atoms with van der Waals surface area (Å²) in [4.78, 5) is 11.8. The van der Waals surface area contributed by atoms with E-state index in [-0.39, 0.29) is 5.91 Å². The molecule has 5 heteroatoms. The zero-order valence-corrected chi connectivity index (χ0v) is 11.6. The third kappa shape index (κ3) is 4.42. The fourth-order valence-corrected chi connectivity index (χ4v) is 1.96. The van der Waals surface area contributed by atoms with Crippen LogP contribution in [0.25, 0.3) is 0 Å². The van der Waals surface area contributed by atoms with E-state index in [1.807, 2.05) is 41.2 Å². The normalized spacial score (nSPS) is 12.1. The molecule has 0 aliphatic rings. The minimum absolute atomic E-state index is 0.0297. The molecule has 20 heavy (non-hydrogen) atoms. The molecule has 1 amide bonds. The maximum Gasteiger partial charge on any atom is 0.224 e. The molecule has 0 bridgehead atoms. The molecule has 3 N–H and O–H groups in total. The number of anilines is 1. The molecule has 0 saturated carbocycles. The van der Waals surface area contributed by atoms with Gasteiger partial charge < -0.3 is 11.1 Å². The number of benzene rings is 1. The topological polar surface area (TPSA) is 72.9 Å². The molecule has 0 saturated heterocycles. The fraction of sp³-hybridized carbons (Fsp3) is 0.333. The highest BCUT2D eigenvalue weighted by Gasteiger charge is 2.07. The molecular formula is C15H20N4O. The van der Waals surface area contributed by atoms with Gasteiger partial charge in [0, 0.05) is 31.2 Å². The maximum atomic E-state index is 11.8. The number of nitrogens with two attached hydrogens (primary N) is 1. The number of carbonyl (C=O) groups excluding carboxylic acids is 1. The summed E-state index contributed by atoms with van der Waals surface area (Å²) in [7, 11) is 0. The second-order valence-corrected chi connectivity index (χ2v) is 5.06. The van der Waals surface area contributed by atoms with Crippen molar-refractivity contribution < 1.29 is 4.79 Å². The lowest BCUT2D eigenvalue weighted by molar-refractivity contribution is -0.120. The minimum Gasteiger partial charge on any atom is -0.399 e. The number of amides is 1. The zero-order chi connectivity index (χ0) is 14.4. The summed E-state index contributed by atoms with van der Waals surface area (Å²) in [5.74, 6) is 0.368. The van der Waals surface area contributed by atoms with Gasteiger partial charge in [-0.05, 0) is 29.7 Å². The largest absolute Gasteiger partial charge is 0.399 e. The smallest absolute Gasteiger partial charge is 0.224 e. The second kappa shape index (κ2) is 6.75. The summed E-state index contributed by atoms with van der Waals surface area (Å²) in [5, 5.41) is 7.10. The van der Waals surface area contributed by atoms with Crippen LogP contribution in [0.1, 0.15) is 12.5 Å². The van der Waals surface area contributed by atoms with Crippen molar-refractivity contribution in [2.45, 2.75) is 19.9 Å². The van der Waals surface area contributed by atoms with Crippen LogP contribution < -0.4 is 11.1 Å². The van der Waals surface area contributed by atoms with Gasteiger partial charge in [-0.15, -0.1) is 0 Å². The average molecular weight is 272 g/mol. The number of nitrogens with one attached hydrogen (secondary N) is 1. The van der Waals surface area contributed by atoms with Crippen LogP contribution in [0.3, 0.4) is 0 Å². The van der Waals surface area contributed by atoms with Crippen molar-refractivity contribution in [3.8, 4) is 0 Å². The number of carbonyl (C=O) groups is 1. The highest BCUT2D eigenvalue weighted by atomic mass is 16.1. The van der Waals surface area contributed by atoms with E-state index < -0.39 is 0 Å². The number of nitrogens with zero attached hydrogens (tertiary/aromatic N) is 2. The molecule has 1 atom stereocenters. The SMILES string of the molecule is CC(CNC(=O)Cc1ccc(N)cc1)Cn1cccn1. The van der Waals surface area contributed by atoms with Crippen molar-refractivity contribution in [2.24, 2.45) is 5.92 Å². The molecule has 1 heterocycles. The number of nitrogen functional groups attached to an aromatic ring is 1. The zero-order valence-electron chi connectivity index (χ0n) is 11.6. The quantitative estimate of drug-likeness (QED) is 0.782. The Morgan fingerprint density at radius 2 is 2.15 bits per heavy atom.